The number of nitrogens with zero attached hydrogens (tertiary/aromatic N) is 4. The van der Waals surface area contributed by atoms with Gasteiger partial charge < -0.3 is 19.8 Å². The first-order chi connectivity index (χ1) is 14.3. The van der Waals surface area contributed by atoms with Gasteiger partial charge in [-0.15, -0.1) is 0 Å². The Bertz CT molecular complexity index is 1030. The zero-order chi connectivity index (χ0) is 21.8. The molecule has 2 aromatic heterocycles. The summed E-state index contributed by atoms with van der Waals surface area (Å²) in [6, 6.07) is 8.45. The highest BCUT2D eigenvalue weighted by Gasteiger charge is 2.24. The molecule has 0 aliphatic rings. The Hall–Kier alpha value is -3.13. The summed E-state index contributed by atoms with van der Waals surface area (Å²) in [6.45, 7) is 7.90. The van der Waals surface area contributed by atoms with Crippen molar-refractivity contribution in [2.45, 2.75) is 33.9 Å². The third kappa shape index (κ3) is 4.54. The van der Waals surface area contributed by atoms with Crippen molar-refractivity contribution in [3.63, 3.8) is 0 Å². The van der Waals surface area contributed by atoms with Crippen LogP contribution >= 0.6 is 0 Å². The van der Waals surface area contributed by atoms with E-state index >= 15 is 0 Å². The maximum absolute atomic E-state index is 12.3. The fraction of sp³-hybridized carbons (Fsp3) is 0.409. The Morgan fingerprint density at radius 2 is 1.83 bits per heavy atom. The number of anilines is 2. The number of carbonyl (C=O) groups excluding carboxylic acids is 1. The molecule has 0 aliphatic heterocycles. The molecule has 0 saturated carbocycles. The van der Waals surface area contributed by atoms with Gasteiger partial charge in [0.2, 0.25) is 5.71 Å². The first kappa shape index (κ1) is 21.6. The number of ether oxygens (including phenoxy) is 1. The van der Waals surface area contributed by atoms with Gasteiger partial charge in [-0.3, -0.25) is 4.90 Å². The van der Waals surface area contributed by atoms with E-state index in [1.54, 1.807) is 13.8 Å². The highest BCUT2D eigenvalue weighted by atomic mass is 16.5. The number of aromatic nitrogens is 2. The van der Waals surface area contributed by atoms with Crippen LogP contribution in [0.2, 0.25) is 0 Å². The Kier molecular flexibility index (Phi) is 6.56. The maximum atomic E-state index is 12.3. The quantitative estimate of drug-likeness (QED) is 0.564. The zero-order valence-electron chi connectivity index (χ0n) is 18.2. The minimum Gasteiger partial charge on any atom is -0.462 e. The van der Waals surface area contributed by atoms with Crippen molar-refractivity contribution in [3.05, 3.63) is 47.0 Å². The van der Waals surface area contributed by atoms with Gasteiger partial charge in [0, 0.05) is 26.3 Å². The average Bonchev–Trinajstić information content (AvgIpc) is 3.04. The Morgan fingerprint density at radius 1 is 1.13 bits per heavy atom. The maximum Gasteiger partial charge on any atom is 0.342 e. The van der Waals surface area contributed by atoms with Gasteiger partial charge >= 0.3 is 5.97 Å². The zero-order valence-corrected chi connectivity index (χ0v) is 18.2. The third-order valence-electron chi connectivity index (χ3n) is 4.95. The smallest absolute Gasteiger partial charge is 0.342 e. The number of hydrogen-bond acceptors (Lipinski definition) is 8. The van der Waals surface area contributed by atoms with Gasteiger partial charge in [-0.05, 0) is 38.1 Å². The van der Waals surface area contributed by atoms with E-state index in [1.807, 2.05) is 14.1 Å². The second kappa shape index (κ2) is 9.13. The molecule has 2 N–H and O–H groups in total. The summed E-state index contributed by atoms with van der Waals surface area (Å²) >= 11 is 0. The molecular formula is C22H29N5O3. The van der Waals surface area contributed by atoms with E-state index in [-0.39, 0.29) is 12.4 Å². The molecule has 30 heavy (non-hydrogen) atoms. The molecule has 0 saturated heterocycles. The predicted octanol–water partition coefficient (Wildman–Crippen LogP) is 3.38. The van der Waals surface area contributed by atoms with Gasteiger partial charge in [-0.25, -0.2) is 9.78 Å². The molecule has 0 bridgehead atoms. The van der Waals surface area contributed by atoms with Gasteiger partial charge in [-0.2, -0.15) is 4.98 Å². The van der Waals surface area contributed by atoms with Crippen LogP contribution in [0.25, 0.3) is 11.1 Å². The van der Waals surface area contributed by atoms with Crippen LogP contribution in [-0.4, -0.2) is 48.1 Å². The second-order valence-electron chi connectivity index (χ2n) is 7.32. The van der Waals surface area contributed by atoms with Crippen LogP contribution in [-0.2, 0) is 17.8 Å². The molecular weight excluding hydrogens is 382 g/mol. The summed E-state index contributed by atoms with van der Waals surface area (Å²) in [5.74, 6) is 0.722. The van der Waals surface area contributed by atoms with E-state index in [0.717, 1.165) is 18.8 Å². The average molecular weight is 412 g/mol. The molecule has 8 heteroatoms. The molecule has 2 heterocycles. The molecule has 0 spiro atoms. The summed E-state index contributed by atoms with van der Waals surface area (Å²) in [7, 11) is 4.05. The second-order valence-corrected chi connectivity index (χ2v) is 7.32. The lowest BCUT2D eigenvalue weighted by Gasteiger charge is -2.20. The number of hydrogen-bond donors (Lipinski definition) is 1. The highest BCUT2D eigenvalue weighted by molar-refractivity contribution is 6.07. The van der Waals surface area contributed by atoms with Gasteiger partial charge in [0.15, 0.2) is 0 Å². The first-order valence-corrected chi connectivity index (χ1v) is 10.0. The van der Waals surface area contributed by atoms with Crippen molar-refractivity contribution in [1.82, 2.24) is 14.9 Å². The van der Waals surface area contributed by atoms with Crippen molar-refractivity contribution in [1.29, 1.82) is 0 Å². The SMILES string of the molecule is CCOC(=O)c1c(C)oc2nc(CN(CC)Cc3ccc(N(C)C)cc3)nc(N)c12. The van der Waals surface area contributed by atoms with Crippen molar-refractivity contribution in [2.24, 2.45) is 0 Å². The normalized spacial score (nSPS) is 11.3. The van der Waals surface area contributed by atoms with E-state index in [1.165, 1.54) is 5.56 Å². The van der Waals surface area contributed by atoms with Crippen LogP contribution in [0.3, 0.4) is 0 Å². The van der Waals surface area contributed by atoms with E-state index in [4.69, 9.17) is 14.9 Å². The van der Waals surface area contributed by atoms with Crippen molar-refractivity contribution in [3.8, 4) is 0 Å². The summed E-state index contributed by atoms with van der Waals surface area (Å²) in [5.41, 5.74) is 9.15. The lowest BCUT2D eigenvalue weighted by molar-refractivity contribution is 0.0526. The first-order valence-electron chi connectivity index (χ1n) is 10.0. The number of rotatable bonds is 8. The van der Waals surface area contributed by atoms with E-state index < -0.39 is 5.97 Å². The minimum atomic E-state index is -0.479. The number of furan rings is 1. The fourth-order valence-electron chi connectivity index (χ4n) is 3.34. The minimum absolute atomic E-state index is 0.223. The number of benzene rings is 1. The molecule has 0 radical (unpaired) electrons. The summed E-state index contributed by atoms with van der Waals surface area (Å²) < 4.78 is 10.8. The monoisotopic (exact) mass is 411 g/mol. The van der Waals surface area contributed by atoms with Gasteiger partial charge in [-0.1, -0.05) is 19.1 Å². The molecule has 1 aromatic carbocycles. The molecule has 3 aromatic rings. The van der Waals surface area contributed by atoms with Crippen molar-refractivity contribution in [2.75, 3.05) is 37.9 Å². The lowest BCUT2D eigenvalue weighted by atomic mass is 10.1. The Morgan fingerprint density at radius 3 is 2.43 bits per heavy atom. The molecule has 0 aliphatic carbocycles. The molecule has 0 atom stereocenters. The summed E-state index contributed by atoms with van der Waals surface area (Å²) in [4.78, 5) is 25.5. The van der Waals surface area contributed by atoms with Crippen LogP contribution in [0.1, 0.15) is 41.4 Å². The number of nitrogen functional groups attached to an aromatic ring is 1. The number of carbonyl (C=O) groups is 1. The molecule has 0 unspecified atom stereocenters. The van der Waals surface area contributed by atoms with Crippen molar-refractivity contribution >= 4 is 28.6 Å². The fourth-order valence-corrected chi connectivity index (χ4v) is 3.34. The Balaban J connectivity index is 1.82. The highest BCUT2D eigenvalue weighted by Crippen LogP contribution is 2.29. The van der Waals surface area contributed by atoms with E-state index in [9.17, 15) is 4.79 Å². The van der Waals surface area contributed by atoms with Gasteiger partial charge in [0.1, 0.15) is 23.0 Å². The van der Waals surface area contributed by atoms with Crippen LogP contribution in [0.15, 0.2) is 28.7 Å². The summed E-state index contributed by atoms with van der Waals surface area (Å²) in [5, 5.41) is 0.414. The van der Waals surface area contributed by atoms with Crippen LogP contribution < -0.4 is 10.6 Å². The van der Waals surface area contributed by atoms with E-state index in [2.05, 4.69) is 51.0 Å². The lowest BCUT2D eigenvalue weighted by Crippen LogP contribution is -2.24. The molecule has 3 rings (SSSR count). The Labute approximate surface area is 176 Å². The number of esters is 1. The predicted molar refractivity (Wildman–Crippen MR) is 117 cm³/mol. The molecule has 160 valence electrons. The van der Waals surface area contributed by atoms with Crippen molar-refractivity contribution < 1.29 is 13.9 Å². The number of nitrogens with two attached hydrogens (primary N) is 1. The van der Waals surface area contributed by atoms with Gasteiger partial charge in [0.05, 0.1) is 18.5 Å². The molecule has 0 amide bonds. The third-order valence-corrected chi connectivity index (χ3v) is 4.95. The number of aryl methyl sites for hydroxylation is 1. The van der Waals surface area contributed by atoms with Crippen LogP contribution in [0, 0.1) is 6.92 Å². The van der Waals surface area contributed by atoms with Crippen LogP contribution in [0.5, 0.6) is 0 Å². The molecule has 0 fully saturated rings. The largest absolute Gasteiger partial charge is 0.462 e. The van der Waals surface area contributed by atoms with E-state index in [0.29, 0.717) is 34.8 Å². The number of fused-ring (bicyclic) bond motifs is 1. The topological polar surface area (TPSA) is 97.7 Å². The van der Waals surface area contributed by atoms with Gasteiger partial charge in [0.25, 0.3) is 0 Å². The molecule has 8 nitrogen and oxygen atoms in total. The van der Waals surface area contributed by atoms with Crippen LogP contribution in [0.4, 0.5) is 11.5 Å². The standard InChI is InChI=1S/C22H29N5O3/c1-6-27(12-15-8-10-16(11-9-15)26(4)5)13-17-24-20(23)19-18(22(28)29-7-2)14(3)30-21(19)25-17/h8-11H,6-7,12-13H2,1-5H3,(H2,23,24,25). The summed E-state index contributed by atoms with van der Waals surface area (Å²) in [6.07, 6.45) is 0.